The van der Waals surface area contributed by atoms with Crippen LogP contribution >= 0.6 is 7.82 Å². The number of quaternary nitrogens is 1. The Hall–Kier alpha value is -2.06. The van der Waals surface area contributed by atoms with Gasteiger partial charge in [0.15, 0.2) is 0 Å². The van der Waals surface area contributed by atoms with Crippen LogP contribution in [0.25, 0.3) is 0 Å². The maximum atomic E-state index is 13.1. The average molecular weight is 1210 g/mol. The van der Waals surface area contributed by atoms with Gasteiger partial charge in [-0.1, -0.05) is 356 Å². The Balaban J connectivity index is 3.98. The van der Waals surface area contributed by atoms with Gasteiger partial charge in [-0.3, -0.25) is 13.8 Å². The Bertz CT molecular complexity index is 1620. The Kier molecular flexibility index (Phi) is 64.8. The molecule has 0 spiro atoms. The van der Waals surface area contributed by atoms with Crippen molar-refractivity contribution in [1.82, 2.24) is 5.32 Å². The van der Waals surface area contributed by atoms with E-state index in [2.05, 4.69) is 92.1 Å². The molecule has 8 nitrogen and oxygen atoms in total. The highest BCUT2D eigenvalue weighted by atomic mass is 31.2. The molecule has 85 heavy (non-hydrogen) atoms. The van der Waals surface area contributed by atoms with Crippen LogP contribution in [0, 0.1) is 0 Å². The lowest BCUT2D eigenvalue weighted by Crippen LogP contribution is -2.46. The van der Waals surface area contributed by atoms with Crippen molar-refractivity contribution in [3.8, 4) is 0 Å². The predicted octanol–water partition coefficient (Wildman–Crippen LogP) is 23.7. The van der Waals surface area contributed by atoms with Crippen molar-refractivity contribution in [3.05, 3.63) is 72.9 Å². The number of likely N-dealkylation sites (N-methyl/N-ethyl adjacent to an activating group) is 1. The molecule has 9 heteroatoms. The Labute approximate surface area is 529 Å². The second-order valence-corrected chi connectivity index (χ2v) is 27.8. The van der Waals surface area contributed by atoms with E-state index in [1.807, 2.05) is 21.1 Å². The van der Waals surface area contributed by atoms with Crippen molar-refractivity contribution in [3.63, 3.8) is 0 Å². The van der Waals surface area contributed by atoms with E-state index >= 15 is 0 Å². The number of aliphatic hydroxyl groups excluding tert-OH is 1. The SMILES string of the molecule is CC/C=C\C/C=C\C/C=C\C/C=C\C/C=C\C/C=C\CCCCCCCCCCCCCCCCCCCCC(=O)NC(COP(=O)(O)OCC[N+](C)(C)C)C(O)CCCCCCCCCCCCCCCCCCCCCCCCCCCC. The van der Waals surface area contributed by atoms with Gasteiger partial charge < -0.3 is 19.8 Å². The fraction of sp³-hybridized carbons (Fsp3) is 0.829. The molecule has 0 saturated carbocycles. The molecule has 0 saturated heterocycles. The summed E-state index contributed by atoms with van der Waals surface area (Å²) < 4.78 is 23.9. The van der Waals surface area contributed by atoms with Gasteiger partial charge in [0.25, 0.3) is 0 Å². The lowest BCUT2D eigenvalue weighted by Gasteiger charge is -2.26. The van der Waals surface area contributed by atoms with E-state index in [9.17, 15) is 19.4 Å². The number of phosphoric ester groups is 1. The number of rotatable bonds is 68. The molecule has 3 atom stereocenters. The van der Waals surface area contributed by atoms with Gasteiger partial charge in [0.1, 0.15) is 13.2 Å². The molecule has 0 bridgehead atoms. The van der Waals surface area contributed by atoms with Crippen molar-refractivity contribution in [2.24, 2.45) is 0 Å². The van der Waals surface area contributed by atoms with Crippen LogP contribution in [0.2, 0.25) is 0 Å². The van der Waals surface area contributed by atoms with E-state index < -0.39 is 20.0 Å². The number of carbonyl (C=O) groups excluding carboxylic acids is 1. The van der Waals surface area contributed by atoms with Crippen LogP contribution in [-0.2, 0) is 18.4 Å². The maximum Gasteiger partial charge on any atom is 0.472 e. The number of amides is 1. The summed E-state index contributed by atoms with van der Waals surface area (Å²) in [6.45, 7) is 4.82. The molecule has 0 aromatic carbocycles. The minimum Gasteiger partial charge on any atom is -0.391 e. The molecule has 3 unspecified atom stereocenters. The van der Waals surface area contributed by atoms with Crippen LogP contribution in [-0.4, -0.2) is 73.4 Å². The number of hydrogen-bond donors (Lipinski definition) is 3. The van der Waals surface area contributed by atoms with Gasteiger partial charge in [0.2, 0.25) is 5.91 Å². The van der Waals surface area contributed by atoms with E-state index in [1.54, 1.807) is 0 Å². The topological polar surface area (TPSA) is 105 Å². The van der Waals surface area contributed by atoms with Crippen LogP contribution < -0.4 is 5.32 Å². The van der Waals surface area contributed by atoms with Crippen LogP contribution in [0.1, 0.15) is 354 Å². The first kappa shape index (κ1) is 82.9. The summed E-state index contributed by atoms with van der Waals surface area (Å²) in [6, 6.07) is -0.764. The largest absolute Gasteiger partial charge is 0.472 e. The molecule has 0 aliphatic carbocycles. The van der Waals surface area contributed by atoms with Crippen LogP contribution in [0.5, 0.6) is 0 Å². The van der Waals surface area contributed by atoms with Crippen molar-refractivity contribution in [1.29, 1.82) is 0 Å². The second kappa shape index (κ2) is 66.4. The average Bonchev–Trinajstić information content (AvgIpc) is 3.49. The Morgan fingerprint density at radius 3 is 1.04 bits per heavy atom. The number of unbranched alkanes of at least 4 members (excludes halogenated alkanes) is 43. The molecule has 0 aromatic rings. The first-order chi connectivity index (χ1) is 41.5. The van der Waals surface area contributed by atoms with Gasteiger partial charge in [-0.15, -0.1) is 0 Å². The molecule has 0 fully saturated rings. The van der Waals surface area contributed by atoms with Gasteiger partial charge >= 0.3 is 7.82 Å². The Morgan fingerprint density at radius 1 is 0.412 bits per heavy atom. The fourth-order valence-electron chi connectivity index (χ4n) is 11.1. The summed E-state index contributed by atoms with van der Waals surface area (Å²) in [5.41, 5.74) is 0. The van der Waals surface area contributed by atoms with Crippen molar-refractivity contribution >= 4 is 13.7 Å². The summed E-state index contributed by atoms with van der Waals surface area (Å²) in [6.07, 6.45) is 93.0. The summed E-state index contributed by atoms with van der Waals surface area (Å²) in [7, 11) is 1.63. The lowest BCUT2D eigenvalue weighted by atomic mass is 10.0. The molecule has 0 radical (unpaired) electrons. The summed E-state index contributed by atoms with van der Waals surface area (Å²) in [5.74, 6) is -0.139. The molecule has 3 N–H and O–H groups in total. The molecule has 1 amide bonds. The number of aliphatic hydroxyl groups is 1. The number of nitrogens with zero attached hydrogens (tertiary/aromatic N) is 1. The number of allylic oxidation sites excluding steroid dienone is 12. The zero-order valence-corrected chi connectivity index (χ0v) is 58.0. The number of hydrogen-bond acceptors (Lipinski definition) is 5. The third-order valence-corrected chi connectivity index (χ3v) is 17.7. The number of nitrogens with one attached hydrogen (secondary N) is 1. The van der Waals surface area contributed by atoms with Gasteiger partial charge in [0, 0.05) is 6.42 Å². The minimum absolute atomic E-state index is 0.0749. The molecule has 0 aliphatic heterocycles. The third-order valence-electron chi connectivity index (χ3n) is 16.7. The van der Waals surface area contributed by atoms with E-state index in [0.717, 1.165) is 77.0 Å². The predicted molar refractivity (Wildman–Crippen MR) is 373 cm³/mol. The normalized spacial score (nSPS) is 14.0. The molecule has 0 aromatic heterocycles. The zero-order valence-electron chi connectivity index (χ0n) is 57.1. The second-order valence-electron chi connectivity index (χ2n) is 26.3. The summed E-state index contributed by atoms with van der Waals surface area (Å²) in [4.78, 5) is 23.5. The number of carbonyl (C=O) groups is 1. The van der Waals surface area contributed by atoms with Gasteiger partial charge in [0.05, 0.1) is 39.9 Å². The minimum atomic E-state index is -4.33. The van der Waals surface area contributed by atoms with Gasteiger partial charge in [-0.2, -0.15) is 0 Å². The van der Waals surface area contributed by atoms with Crippen LogP contribution in [0.4, 0.5) is 0 Å². The summed E-state index contributed by atoms with van der Waals surface area (Å²) in [5, 5.41) is 14.2. The molecule has 0 aliphatic rings. The maximum absolute atomic E-state index is 13.1. The van der Waals surface area contributed by atoms with E-state index in [-0.39, 0.29) is 19.1 Å². The van der Waals surface area contributed by atoms with Gasteiger partial charge in [-0.25, -0.2) is 4.57 Å². The van der Waals surface area contributed by atoms with E-state index in [1.165, 1.54) is 250 Å². The summed E-state index contributed by atoms with van der Waals surface area (Å²) >= 11 is 0. The monoisotopic (exact) mass is 1210 g/mol. The molecule has 498 valence electrons. The highest BCUT2D eigenvalue weighted by molar-refractivity contribution is 7.47. The van der Waals surface area contributed by atoms with Crippen LogP contribution in [0.15, 0.2) is 72.9 Å². The highest BCUT2D eigenvalue weighted by Gasteiger charge is 2.28. The lowest BCUT2D eigenvalue weighted by molar-refractivity contribution is -0.870. The van der Waals surface area contributed by atoms with E-state index in [0.29, 0.717) is 23.9 Å². The van der Waals surface area contributed by atoms with E-state index in [4.69, 9.17) is 9.05 Å². The van der Waals surface area contributed by atoms with Crippen molar-refractivity contribution < 1.29 is 32.9 Å². The molecular weight excluding hydrogens is 1070 g/mol. The molecule has 0 rings (SSSR count). The standard InChI is InChI=1S/C76H143N2O6P/c1-6-8-10-12-14-16-18-20-22-24-26-28-30-32-34-35-36-37-38-39-40-41-42-43-44-46-48-50-52-54-56-58-60-62-64-66-68-70-76(80)77-74(73-84-85(81,82)83-72-71-78(3,4)5)75(79)69-67-65-63-61-59-57-55-53-51-49-47-45-33-31-29-27-25-23-21-19-17-15-13-11-9-7-2/h8,10,14,16,20,22,26,28,32,34,36-37,74-75,79H,6-7,9,11-13,15,17-19,21,23-25,27,29-31,33,35,38-73H2,1-5H3,(H-,77,80,81,82)/p+1/b10-8-,16-14-,22-20-,28-26-,34-32-,37-36-. The zero-order chi connectivity index (χ0) is 61.9. The smallest absolute Gasteiger partial charge is 0.391 e. The van der Waals surface area contributed by atoms with Crippen molar-refractivity contribution in [2.45, 2.75) is 366 Å². The van der Waals surface area contributed by atoms with Gasteiger partial charge in [-0.05, 0) is 64.2 Å². The van der Waals surface area contributed by atoms with Crippen LogP contribution in [0.3, 0.4) is 0 Å². The van der Waals surface area contributed by atoms with Crippen molar-refractivity contribution in [2.75, 3.05) is 40.9 Å². The first-order valence-corrected chi connectivity index (χ1v) is 38.3. The number of phosphoric acid groups is 1. The first-order valence-electron chi connectivity index (χ1n) is 36.8. The molecule has 0 heterocycles. The third kappa shape index (κ3) is 69.3. The highest BCUT2D eigenvalue weighted by Crippen LogP contribution is 2.43. The Morgan fingerprint density at radius 2 is 0.706 bits per heavy atom. The molecular formula is C76H144N2O6P+. The quantitative estimate of drug-likeness (QED) is 0.0243. The fourth-order valence-corrected chi connectivity index (χ4v) is 11.8.